The Hall–Kier alpha value is -6.03. The van der Waals surface area contributed by atoms with E-state index in [-0.39, 0.29) is 24.3 Å². The molecule has 2 aliphatic carbocycles. The summed E-state index contributed by atoms with van der Waals surface area (Å²) in [5.41, 5.74) is 1.59. The van der Waals surface area contributed by atoms with Gasteiger partial charge in [0.1, 0.15) is 40.8 Å². The van der Waals surface area contributed by atoms with Crippen molar-refractivity contribution in [2.75, 3.05) is 13.7 Å². The number of rotatable bonds is 13. The number of carbonyl (C=O) groups is 4. The number of amides is 4. The summed E-state index contributed by atoms with van der Waals surface area (Å²) < 4.78 is 46.4. The number of hydrogen-bond donors (Lipinski definition) is 3. The maximum absolute atomic E-state index is 14.6. The zero-order chi connectivity index (χ0) is 44.6. The fourth-order valence-corrected chi connectivity index (χ4v) is 9.21. The first-order valence-electron chi connectivity index (χ1n) is 20.9. The lowest BCUT2D eigenvalue weighted by Crippen LogP contribution is -2.59. The van der Waals surface area contributed by atoms with Crippen molar-refractivity contribution in [3.8, 4) is 22.9 Å². The molecule has 0 spiro atoms. The van der Waals surface area contributed by atoms with E-state index in [0.717, 1.165) is 31.4 Å². The summed E-state index contributed by atoms with van der Waals surface area (Å²) in [6.45, 7) is 12.4. The van der Waals surface area contributed by atoms with Crippen molar-refractivity contribution in [3.05, 3.63) is 90.6 Å². The van der Waals surface area contributed by atoms with Crippen molar-refractivity contribution in [2.45, 2.75) is 107 Å². The summed E-state index contributed by atoms with van der Waals surface area (Å²) in [6.07, 6.45) is 4.01. The standard InChI is InChI=1S/C46H54N6O9S/c1-8-29-25-46(29,43(55)51-62(57,58)32-15-10-9-11-16-32)50-41(53)38-23-31(26-52(38)42(54)40(27(2)3)49-44(56)61-45(4,5)6)60-39-24-37(48-36-22-30(59-7)19-20-33(36)39)35-21-18-28-14-12-13-17-34(28)47-35/h8-11,15-16,18-22,24,27,29,31,38,40H,1,12-14,17,23,25-26H2,2-7H3,(H,49,56)(H,50,53)(H,51,55)/t29-,31-,38+,40+,46?/m1/s1. The molecule has 3 aliphatic rings. The van der Waals surface area contributed by atoms with Crippen LogP contribution in [-0.4, -0.2) is 90.1 Å². The van der Waals surface area contributed by atoms with Crippen LogP contribution < -0.4 is 24.8 Å². The van der Waals surface area contributed by atoms with Gasteiger partial charge >= 0.3 is 6.09 Å². The van der Waals surface area contributed by atoms with Gasteiger partial charge in [-0.3, -0.25) is 19.4 Å². The molecule has 1 unspecified atom stereocenters. The molecule has 2 fully saturated rings. The van der Waals surface area contributed by atoms with E-state index in [1.165, 1.54) is 40.8 Å². The predicted molar refractivity (Wildman–Crippen MR) is 232 cm³/mol. The van der Waals surface area contributed by atoms with E-state index in [4.69, 9.17) is 24.2 Å². The van der Waals surface area contributed by atoms with Gasteiger partial charge in [-0.05, 0) is 94.7 Å². The summed E-state index contributed by atoms with van der Waals surface area (Å²) >= 11 is 0. The highest BCUT2D eigenvalue weighted by atomic mass is 32.2. The van der Waals surface area contributed by atoms with Crippen LogP contribution in [0.3, 0.4) is 0 Å². The molecule has 328 valence electrons. The highest BCUT2D eigenvalue weighted by Crippen LogP contribution is 2.45. The van der Waals surface area contributed by atoms with Crippen molar-refractivity contribution < 1.29 is 41.8 Å². The maximum Gasteiger partial charge on any atom is 0.408 e. The quantitative estimate of drug-likeness (QED) is 0.141. The number of ether oxygens (including phenoxy) is 3. The molecule has 4 aromatic rings. The summed E-state index contributed by atoms with van der Waals surface area (Å²) in [5.74, 6) is -2.21. The van der Waals surface area contributed by atoms with E-state index in [2.05, 4.69) is 28.0 Å². The SMILES string of the molecule is C=C[C@@H]1CC1(NC(=O)[C@@H]1C[C@@H](Oc2cc(-c3ccc4c(n3)CCCC4)nc3cc(OC)ccc23)CN1C(=O)[C@@H](NC(=O)OC(C)(C)C)C(C)C)C(=O)NS(=O)(=O)c1ccccc1. The predicted octanol–water partition coefficient (Wildman–Crippen LogP) is 5.65. The second-order valence-corrected chi connectivity index (χ2v) is 19.2. The minimum Gasteiger partial charge on any atom is -0.497 e. The van der Waals surface area contributed by atoms with Gasteiger partial charge in [0.05, 0.1) is 35.5 Å². The molecular weight excluding hydrogens is 813 g/mol. The Labute approximate surface area is 362 Å². The summed E-state index contributed by atoms with van der Waals surface area (Å²) in [7, 11) is -2.72. The normalized spacial score (nSPS) is 21.3. The molecule has 4 amide bonds. The third-order valence-corrected chi connectivity index (χ3v) is 12.8. The van der Waals surface area contributed by atoms with Gasteiger partial charge < -0.3 is 29.7 Å². The number of fused-ring (bicyclic) bond motifs is 2. The Morgan fingerprint density at radius 1 is 0.968 bits per heavy atom. The van der Waals surface area contributed by atoms with Crippen molar-refractivity contribution in [3.63, 3.8) is 0 Å². The average Bonchev–Trinajstić information content (AvgIpc) is 3.80. The zero-order valence-electron chi connectivity index (χ0n) is 35.9. The number of alkyl carbamates (subject to hydrolysis) is 1. The molecule has 3 N–H and O–H groups in total. The summed E-state index contributed by atoms with van der Waals surface area (Å²) in [5, 5.41) is 6.17. The van der Waals surface area contributed by atoms with E-state index < -0.39 is 75.0 Å². The van der Waals surface area contributed by atoms with Crippen LogP contribution in [0, 0.1) is 11.8 Å². The Kier molecular flexibility index (Phi) is 12.3. The van der Waals surface area contributed by atoms with Crippen molar-refractivity contribution >= 4 is 44.7 Å². The van der Waals surface area contributed by atoms with Crippen LogP contribution in [0.4, 0.5) is 4.79 Å². The van der Waals surface area contributed by atoms with E-state index >= 15 is 0 Å². The number of nitrogens with zero attached hydrogens (tertiary/aromatic N) is 3. The smallest absolute Gasteiger partial charge is 0.408 e. The molecular formula is C46H54N6O9S. The van der Waals surface area contributed by atoms with Crippen LogP contribution in [0.15, 0.2) is 84.3 Å². The van der Waals surface area contributed by atoms with Crippen molar-refractivity contribution in [1.82, 2.24) is 30.2 Å². The number of hydrogen-bond acceptors (Lipinski definition) is 11. The Bertz CT molecular complexity index is 2510. The lowest BCUT2D eigenvalue weighted by atomic mass is 9.95. The van der Waals surface area contributed by atoms with E-state index in [0.29, 0.717) is 33.8 Å². The second kappa shape index (κ2) is 17.4. The van der Waals surface area contributed by atoms with Crippen molar-refractivity contribution in [1.29, 1.82) is 0 Å². The van der Waals surface area contributed by atoms with Gasteiger partial charge in [-0.1, -0.05) is 44.2 Å². The Morgan fingerprint density at radius 3 is 2.39 bits per heavy atom. The van der Waals surface area contributed by atoms with E-state index in [9.17, 15) is 27.6 Å². The van der Waals surface area contributed by atoms with Gasteiger partial charge in [0, 0.05) is 35.6 Å². The van der Waals surface area contributed by atoms with Crippen LogP contribution in [-0.2, 0) is 42.0 Å². The van der Waals surface area contributed by atoms with Gasteiger partial charge in [0.2, 0.25) is 11.8 Å². The molecule has 16 heteroatoms. The molecule has 5 atom stereocenters. The molecule has 1 aliphatic heterocycles. The fourth-order valence-electron chi connectivity index (χ4n) is 8.15. The minimum absolute atomic E-state index is 0.0139. The first-order chi connectivity index (χ1) is 29.4. The van der Waals surface area contributed by atoms with Gasteiger partial charge in [0.15, 0.2) is 0 Å². The fraction of sp³-hybridized carbons (Fsp3) is 0.435. The summed E-state index contributed by atoms with van der Waals surface area (Å²) in [4.78, 5) is 67.3. The number of methoxy groups -OCH3 is 1. The number of aryl methyl sites for hydroxylation is 2. The number of likely N-dealkylation sites (tertiary alicyclic amines) is 1. The molecule has 0 radical (unpaired) electrons. The molecule has 2 aromatic heterocycles. The van der Waals surface area contributed by atoms with Gasteiger partial charge in [0.25, 0.3) is 15.9 Å². The van der Waals surface area contributed by atoms with E-state index in [1.54, 1.807) is 66.0 Å². The number of sulfonamides is 1. The third kappa shape index (κ3) is 9.39. The number of aromatic nitrogens is 2. The molecule has 0 bridgehead atoms. The zero-order valence-corrected chi connectivity index (χ0v) is 36.7. The number of nitrogens with one attached hydrogen (secondary N) is 3. The van der Waals surface area contributed by atoms with Gasteiger partial charge in [-0.15, -0.1) is 6.58 Å². The van der Waals surface area contributed by atoms with Gasteiger partial charge in [-0.25, -0.2) is 22.9 Å². The topological polar surface area (TPSA) is 195 Å². The molecule has 3 heterocycles. The number of benzene rings is 2. The molecule has 1 saturated carbocycles. The molecule has 1 saturated heterocycles. The lowest BCUT2D eigenvalue weighted by molar-refractivity contribution is -0.141. The molecule has 7 rings (SSSR count). The lowest BCUT2D eigenvalue weighted by Gasteiger charge is -2.31. The molecule has 62 heavy (non-hydrogen) atoms. The van der Waals surface area contributed by atoms with Gasteiger partial charge in [-0.2, -0.15) is 0 Å². The third-order valence-electron chi connectivity index (χ3n) is 11.5. The first kappa shape index (κ1) is 44.0. The van der Waals surface area contributed by atoms with E-state index in [1.807, 2.05) is 12.1 Å². The van der Waals surface area contributed by atoms with Crippen LogP contribution in [0.5, 0.6) is 11.5 Å². The van der Waals surface area contributed by atoms with Crippen molar-refractivity contribution in [2.24, 2.45) is 11.8 Å². The Morgan fingerprint density at radius 2 is 1.71 bits per heavy atom. The van der Waals surface area contributed by atoms with Crippen LogP contribution in [0.1, 0.15) is 71.6 Å². The second-order valence-electron chi connectivity index (χ2n) is 17.5. The molecule has 15 nitrogen and oxygen atoms in total. The monoisotopic (exact) mass is 866 g/mol. The molecule has 2 aromatic carbocycles. The number of carbonyl (C=O) groups excluding carboxylic acids is 4. The highest BCUT2D eigenvalue weighted by Gasteiger charge is 2.61. The average molecular weight is 867 g/mol. The minimum atomic E-state index is -4.29. The highest BCUT2D eigenvalue weighted by molar-refractivity contribution is 7.90. The van der Waals surface area contributed by atoms with Crippen LogP contribution in [0.2, 0.25) is 0 Å². The maximum atomic E-state index is 14.6. The largest absolute Gasteiger partial charge is 0.497 e. The van der Waals surface area contributed by atoms with Crippen LogP contribution in [0.25, 0.3) is 22.3 Å². The van der Waals surface area contributed by atoms with Crippen LogP contribution >= 0.6 is 0 Å². The first-order valence-corrected chi connectivity index (χ1v) is 22.4. The summed E-state index contributed by atoms with van der Waals surface area (Å²) in [6, 6.07) is 16.4. The number of pyridine rings is 2. The Balaban J connectivity index is 1.22.